The third kappa shape index (κ3) is 5.18. The molecule has 2 aromatic rings. The standard InChI is InChI=1S/C19H15ClN2O5S2/c1-27-9-8-21-18(23)17(29-19(21)24)11-12-2-7-16(15(10-12)22(25)26)28-14-5-3-13(20)4-6-14/h2-7,10-11H,8-9H2,1H3/b17-11-. The van der Waals surface area contributed by atoms with E-state index < -0.39 is 10.8 Å². The van der Waals surface area contributed by atoms with Gasteiger partial charge in [-0.1, -0.05) is 29.4 Å². The fourth-order valence-corrected chi connectivity index (χ4v) is 4.40. The lowest BCUT2D eigenvalue weighted by molar-refractivity contribution is -0.387. The SMILES string of the molecule is COCCN1C(=O)S/C(=C\c2ccc(Sc3ccc(Cl)cc3)c([N+](=O)[O-])c2)C1=O. The van der Waals surface area contributed by atoms with Gasteiger partial charge >= 0.3 is 0 Å². The molecule has 0 aromatic heterocycles. The molecule has 2 amide bonds. The average molecular weight is 451 g/mol. The van der Waals surface area contributed by atoms with Crippen molar-refractivity contribution in [3.63, 3.8) is 0 Å². The Balaban J connectivity index is 1.86. The molecule has 3 rings (SSSR count). The lowest BCUT2D eigenvalue weighted by atomic mass is 10.2. The molecule has 0 spiro atoms. The molecule has 0 unspecified atom stereocenters. The average Bonchev–Trinajstić information content (AvgIpc) is 2.95. The first kappa shape index (κ1) is 21.4. The number of carbonyl (C=O) groups excluding carboxylic acids is 2. The number of hydrogen-bond acceptors (Lipinski definition) is 7. The van der Waals surface area contributed by atoms with Gasteiger partial charge in [0.05, 0.1) is 27.9 Å². The lowest BCUT2D eigenvalue weighted by Crippen LogP contribution is -2.31. The molecular formula is C19H15ClN2O5S2. The van der Waals surface area contributed by atoms with Gasteiger partial charge in [-0.05, 0) is 53.7 Å². The van der Waals surface area contributed by atoms with Crippen LogP contribution in [0.25, 0.3) is 6.08 Å². The van der Waals surface area contributed by atoms with Crippen LogP contribution < -0.4 is 0 Å². The summed E-state index contributed by atoms with van der Waals surface area (Å²) in [5.74, 6) is -0.431. The number of nitro groups is 1. The normalized spacial score (nSPS) is 15.4. The third-order valence-corrected chi connectivity index (χ3v) is 6.14. The van der Waals surface area contributed by atoms with E-state index >= 15 is 0 Å². The van der Waals surface area contributed by atoms with Crippen LogP contribution in [0, 0.1) is 10.1 Å². The molecule has 0 atom stereocenters. The number of carbonyl (C=O) groups is 2. The maximum absolute atomic E-state index is 12.4. The van der Waals surface area contributed by atoms with Crippen LogP contribution in [0.5, 0.6) is 0 Å². The number of ether oxygens (including phenoxy) is 1. The van der Waals surface area contributed by atoms with E-state index in [9.17, 15) is 19.7 Å². The number of hydrogen-bond donors (Lipinski definition) is 0. The number of methoxy groups -OCH3 is 1. The molecule has 10 heteroatoms. The molecule has 1 saturated heterocycles. The van der Waals surface area contributed by atoms with Crippen molar-refractivity contribution in [2.45, 2.75) is 9.79 Å². The second-order valence-electron chi connectivity index (χ2n) is 5.87. The summed E-state index contributed by atoms with van der Waals surface area (Å²) < 4.78 is 4.91. The minimum Gasteiger partial charge on any atom is -0.383 e. The van der Waals surface area contributed by atoms with Gasteiger partial charge in [-0.25, -0.2) is 0 Å². The predicted octanol–water partition coefficient (Wildman–Crippen LogP) is 5.08. The largest absolute Gasteiger partial charge is 0.383 e. The van der Waals surface area contributed by atoms with Crippen LogP contribution in [0.3, 0.4) is 0 Å². The summed E-state index contributed by atoms with van der Waals surface area (Å²) in [6.07, 6.45) is 1.49. The number of nitro benzene ring substituents is 1. The molecule has 0 radical (unpaired) electrons. The number of thioether (sulfide) groups is 1. The van der Waals surface area contributed by atoms with Crippen molar-refractivity contribution in [1.82, 2.24) is 4.90 Å². The highest BCUT2D eigenvalue weighted by molar-refractivity contribution is 8.18. The Morgan fingerprint density at radius 3 is 2.62 bits per heavy atom. The Bertz CT molecular complexity index is 995. The van der Waals surface area contributed by atoms with Crippen molar-refractivity contribution in [2.24, 2.45) is 0 Å². The molecule has 0 aliphatic carbocycles. The van der Waals surface area contributed by atoms with E-state index in [1.54, 1.807) is 36.4 Å². The van der Waals surface area contributed by atoms with Crippen LogP contribution in [0.2, 0.25) is 5.02 Å². The van der Waals surface area contributed by atoms with Crippen LogP contribution in [-0.2, 0) is 9.53 Å². The van der Waals surface area contributed by atoms with Gasteiger partial charge in [-0.2, -0.15) is 0 Å². The number of benzene rings is 2. The summed E-state index contributed by atoms with van der Waals surface area (Å²) in [5.41, 5.74) is 0.381. The van der Waals surface area contributed by atoms with E-state index in [4.69, 9.17) is 16.3 Å². The molecule has 0 saturated carbocycles. The van der Waals surface area contributed by atoms with Crippen molar-refractivity contribution in [1.29, 1.82) is 0 Å². The van der Waals surface area contributed by atoms with Gasteiger partial charge in [0, 0.05) is 23.1 Å². The fourth-order valence-electron chi connectivity index (χ4n) is 2.51. The first-order chi connectivity index (χ1) is 13.9. The van der Waals surface area contributed by atoms with Gasteiger partial charge in [0.1, 0.15) is 0 Å². The van der Waals surface area contributed by atoms with Gasteiger partial charge in [0.15, 0.2) is 0 Å². The third-order valence-electron chi connectivity index (χ3n) is 3.91. The Morgan fingerprint density at radius 1 is 1.24 bits per heavy atom. The first-order valence-corrected chi connectivity index (χ1v) is 10.4. The minimum atomic E-state index is -0.472. The van der Waals surface area contributed by atoms with E-state index in [-0.39, 0.29) is 29.0 Å². The molecule has 1 aliphatic rings. The maximum Gasteiger partial charge on any atom is 0.293 e. The van der Waals surface area contributed by atoms with Gasteiger partial charge in [-0.3, -0.25) is 24.6 Å². The predicted molar refractivity (Wildman–Crippen MR) is 113 cm³/mol. The van der Waals surface area contributed by atoms with Crippen molar-refractivity contribution in [3.05, 3.63) is 68.1 Å². The zero-order chi connectivity index (χ0) is 21.0. The second-order valence-corrected chi connectivity index (χ2v) is 8.41. The number of rotatable bonds is 7. The van der Waals surface area contributed by atoms with Crippen molar-refractivity contribution >= 4 is 58.0 Å². The molecule has 2 aromatic carbocycles. The van der Waals surface area contributed by atoms with Crippen LogP contribution in [-0.4, -0.2) is 41.2 Å². The monoisotopic (exact) mass is 450 g/mol. The van der Waals surface area contributed by atoms with Gasteiger partial charge in [0.25, 0.3) is 16.8 Å². The van der Waals surface area contributed by atoms with Crippen molar-refractivity contribution < 1.29 is 19.2 Å². The molecule has 1 fully saturated rings. The Hall–Kier alpha value is -2.33. The molecule has 1 heterocycles. The van der Waals surface area contributed by atoms with E-state index in [1.165, 1.54) is 31.0 Å². The summed E-state index contributed by atoms with van der Waals surface area (Å²) >= 11 is 7.92. The van der Waals surface area contributed by atoms with Crippen molar-refractivity contribution in [3.8, 4) is 0 Å². The zero-order valence-electron chi connectivity index (χ0n) is 15.2. The first-order valence-electron chi connectivity index (χ1n) is 8.35. The van der Waals surface area contributed by atoms with E-state index in [2.05, 4.69) is 0 Å². The highest BCUT2D eigenvalue weighted by Gasteiger charge is 2.34. The summed E-state index contributed by atoms with van der Waals surface area (Å²) in [4.78, 5) is 38.1. The van der Waals surface area contributed by atoms with E-state index in [0.29, 0.717) is 15.5 Å². The molecule has 7 nitrogen and oxygen atoms in total. The van der Waals surface area contributed by atoms with E-state index in [0.717, 1.165) is 21.6 Å². The Morgan fingerprint density at radius 2 is 1.97 bits per heavy atom. The number of amides is 2. The quantitative estimate of drug-likeness (QED) is 0.330. The Kier molecular flexibility index (Phi) is 6.96. The highest BCUT2D eigenvalue weighted by atomic mass is 35.5. The summed E-state index contributed by atoms with van der Waals surface area (Å²) in [6.45, 7) is 0.405. The molecule has 1 aliphatic heterocycles. The minimum absolute atomic E-state index is 0.0858. The number of nitrogens with zero attached hydrogens (tertiary/aromatic N) is 2. The van der Waals surface area contributed by atoms with Crippen LogP contribution in [0.1, 0.15) is 5.56 Å². The smallest absolute Gasteiger partial charge is 0.293 e. The second kappa shape index (κ2) is 9.45. The maximum atomic E-state index is 12.4. The lowest BCUT2D eigenvalue weighted by Gasteiger charge is -2.10. The fraction of sp³-hybridized carbons (Fsp3) is 0.158. The molecular weight excluding hydrogens is 436 g/mol. The van der Waals surface area contributed by atoms with Gasteiger partial charge in [-0.15, -0.1) is 0 Å². The molecule has 0 N–H and O–H groups in total. The van der Waals surface area contributed by atoms with Crippen LogP contribution in [0.4, 0.5) is 10.5 Å². The summed E-state index contributed by atoms with van der Waals surface area (Å²) in [6, 6.07) is 11.7. The topological polar surface area (TPSA) is 89.8 Å². The zero-order valence-corrected chi connectivity index (χ0v) is 17.6. The summed E-state index contributed by atoms with van der Waals surface area (Å²) in [5, 5.41) is 11.7. The van der Waals surface area contributed by atoms with Gasteiger partial charge < -0.3 is 4.74 Å². The van der Waals surface area contributed by atoms with Crippen LogP contribution >= 0.6 is 35.1 Å². The van der Waals surface area contributed by atoms with Crippen LogP contribution in [0.15, 0.2) is 57.2 Å². The highest BCUT2D eigenvalue weighted by Crippen LogP contribution is 2.37. The van der Waals surface area contributed by atoms with E-state index in [1.807, 2.05) is 0 Å². The molecule has 150 valence electrons. The summed E-state index contributed by atoms with van der Waals surface area (Å²) in [7, 11) is 1.48. The number of halogens is 1. The van der Waals surface area contributed by atoms with Crippen molar-refractivity contribution in [2.75, 3.05) is 20.3 Å². The Labute approximate surface area is 180 Å². The van der Waals surface area contributed by atoms with Gasteiger partial charge in [0.2, 0.25) is 0 Å². The number of imide groups is 1. The molecule has 29 heavy (non-hydrogen) atoms. The molecule has 0 bridgehead atoms.